The van der Waals surface area contributed by atoms with Crippen molar-refractivity contribution in [2.45, 2.75) is 26.8 Å². The van der Waals surface area contributed by atoms with Gasteiger partial charge in [0.15, 0.2) is 5.13 Å². The second kappa shape index (κ2) is 8.13. The molecule has 3 aromatic heterocycles. The van der Waals surface area contributed by atoms with E-state index in [4.69, 9.17) is 11.6 Å². The number of nitrogens with zero attached hydrogens (tertiary/aromatic N) is 4. The first-order chi connectivity index (χ1) is 15.8. The lowest BCUT2D eigenvalue weighted by molar-refractivity contribution is -0.118. The third-order valence-electron chi connectivity index (χ3n) is 5.58. The average Bonchev–Trinajstić information content (AvgIpc) is 3.34. The summed E-state index contributed by atoms with van der Waals surface area (Å²) in [7, 11) is 0. The van der Waals surface area contributed by atoms with Crippen LogP contribution in [0.15, 0.2) is 59.4 Å². The molecule has 0 bridgehead atoms. The molecule has 1 unspecified atom stereocenters. The van der Waals surface area contributed by atoms with Crippen LogP contribution in [0.25, 0.3) is 26.9 Å². The van der Waals surface area contributed by atoms with Gasteiger partial charge in [-0.15, -0.1) is 0 Å². The van der Waals surface area contributed by atoms with Crippen LogP contribution in [-0.2, 0) is 4.79 Å². The summed E-state index contributed by atoms with van der Waals surface area (Å²) in [4.78, 5) is 30.8. The summed E-state index contributed by atoms with van der Waals surface area (Å²) in [5, 5.41) is 9.46. The molecule has 0 fully saturated rings. The molecule has 2 aromatic carbocycles. The minimum absolute atomic E-state index is 0.268. The highest BCUT2D eigenvalue weighted by molar-refractivity contribution is 7.22. The summed E-state index contributed by atoms with van der Waals surface area (Å²) in [5.41, 5.74) is 3.49. The van der Waals surface area contributed by atoms with E-state index in [9.17, 15) is 9.59 Å². The Bertz CT molecular complexity index is 1590. The van der Waals surface area contributed by atoms with E-state index in [2.05, 4.69) is 15.4 Å². The van der Waals surface area contributed by atoms with Gasteiger partial charge in [-0.25, -0.2) is 9.67 Å². The van der Waals surface area contributed by atoms with Crippen molar-refractivity contribution in [2.24, 2.45) is 0 Å². The Labute approximate surface area is 198 Å². The van der Waals surface area contributed by atoms with Crippen LogP contribution in [0, 0.1) is 13.8 Å². The van der Waals surface area contributed by atoms with Crippen LogP contribution < -0.4 is 10.9 Å². The minimum atomic E-state index is -0.797. The maximum absolute atomic E-state index is 13.2. The van der Waals surface area contributed by atoms with Gasteiger partial charge in [-0.1, -0.05) is 41.1 Å². The second-order valence-electron chi connectivity index (χ2n) is 7.86. The normalized spacial score (nSPS) is 12.4. The summed E-state index contributed by atoms with van der Waals surface area (Å²) in [6.45, 7) is 5.49. The Morgan fingerprint density at radius 2 is 1.88 bits per heavy atom. The first-order valence-electron chi connectivity index (χ1n) is 10.4. The number of fused-ring (bicyclic) bond motifs is 2. The number of aryl methyl sites for hydroxylation is 2. The molecule has 0 spiro atoms. The number of para-hydroxylation sites is 1. The van der Waals surface area contributed by atoms with Crippen molar-refractivity contribution in [3.8, 4) is 5.69 Å². The molecule has 3 heterocycles. The zero-order valence-electron chi connectivity index (χ0n) is 18.2. The molecule has 0 saturated carbocycles. The van der Waals surface area contributed by atoms with E-state index >= 15 is 0 Å². The topological polar surface area (TPSA) is 81.8 Å². The zero-order chi connectivity index (χ0) is 23.3. The number of halogens is 1. The highest BCUT2D eigenvalue weighted by Crippen LogP contribution is 2.30. The molecule has 1 amide bonds. The Kier molecular flexibility index (Phi) is 5.26. The Morgan fingerprint density at radius 3 is 2.64 bits per heavy atom. The molecule has 166 valence electrons. The maximum Gasteiger partial charge on any atom is 0.253 e. The van der Waals surface area contributed by atoms with Gasteiger partial charge in [-0.3, -0.25) is 14.2 Å². The van der Waals surface area contributed by atoms with Crippen LogP contribution in [0.5, 0.6) is 0 Å². The monoisotopic (exact) mass is 477 g/mol. The van der Waals surface area contributed by atoms with Gasteiger partial charge in [0.25, 0.3) is 5.56 Å². The van der Waals surface area contributed by atoms with Crippen molar-refractivity contribution in [1.82, 2.24) is 19.3 Å². The van der Waals surface area contributed by atoms with Gasteiger partial charge >= 0.3 is 0 Å². The second-order valence-corrected chi connectivity index (χ2v) is 9.33. The van der Waals surface area contributed by atoms with E-state index in [1.54, 1.807) is 23.7 Å². The highest BCUT2D eigenvalue weighted by Gasteiger charge is 2.24. The molecule has 5 aromatic rings. The van der Waals surface area contributed by atoms with Crippen LogP contribution in [-0.4, -0.2) is 25.2 Å². The van der Waals surface area contributed by atoms with Crippen LogP contribution in [0.1, 0.15) is 24.2 Å². The van der Waals surface area contributed by atoms with Gasteiger partial charge in [0, 0.05) is 16.5 Å². The lowest BCUT2D eigenvalue weighted by atomic mass is 10.1. The van der Waals surface area contributed by atoms with Crippen molar-refractivity contribution < 1.29 is 4.79 Å². The minimum Gasteiger partial charge on any atom is -0.300 e. The number of thiazole rings is 1. The number of benzene rings is 2. The summed E-state index contributed by atoms with van der Waals surface area (Å²) < 4.78 is 4.09. The van der Waals surface area contributed by atoms with Gasteiger partial charge in [0.05, 0.1) is 21.6 Å². The van der Waals surface area contributed by atoms with Crippen molar-refractivity contribution in [3.05, 3.63) is 81.2 Å². The number of aromatic nitrogens is 4. The zero-order valence-corrected chi connectivity index (χ0v) is 19.7. The number of nitrogens with one attached hydrogen (secondary N) is 1. The largest absolute Gasteiger partial charge is 0.300 e. The number of hydrogen-bond acceptors (Lipinski definition) is 5. The summed E-state index contributed by atoms with van der Waals surface area (Å²) in [6.07, 6.45) is 0. The smallest absolute Gasteiger partial charge is 0.253 e. The summed E-state index contributed by atoms with van der Waals surface area (Å²) in [6, 6.07) is 15.7. The van der Waals surface area contributed by atoms with Crippen molar-refractivity contribution in [2.75, 3.05) is 5.32 Å². The average molecular weight is 478 g/mol. The highest BCUT2D eigenvalue weighted by atomic mass is 35.5. The van der Waals surface area contributed by atoms with Gasteiger partial charge in [-0.05, 0) is 56.7 Å². The van der Waals surface area contributed by atoms with E-state index in [1.165, 1.54) is 15.9 Å². The molecular weight excluding hydrogens is 458 g/mol. The Hall–Kier alpha value is -3.49. The molecule has 1 N–H and O–H groups in total. The molecular formula is C24H20ClN5O2S. The van der Waals surface area contributed by atoms with Gasteiger partial charge in [0.2, 0.25) is 5.91 Å². The summed E-state index contributed by atoms with van der Waals surface area (Å²) >= 11 is 7.40. The Balaban J connectivity index is 1.61. The molecule has 0 aliphatic heterocycles. The SMILES string of the molecule is Cc1cc(=O)n(C(C)C(=O)Nc2nc3ccc(Cl)cc3s2)c2c1c(C)nn2-c1ccccc1. The number of anilines is 1. The number of amides is 1. The molecule has 0 aliphatic rings. The fourth-order valence-corrected chi connectivity index (χ4v) is 5.18. The number of rotatable bonds is 4. The van der Waals surface area contributed by atoms with Gasteiger partial charge in [-0.2, -0.15) is 5.10 Å². The molecule has 0 radical (unpaired) electrons. The van der Waals surface area contributed by atoms with E-state index in [0.717, 1.165) is 32.5 Å². The standard InChI is InChI=1S/C24H20ClN5O2S/c1-13-11-20(31)29(23-21(13)14(2)28-30(23)17-7-5-4-6-8-17)15(3)22(32)27-24-26-18-10-9-16(25)12-19(18)33-24/h4-12,15H,1-3H3,(H,26,27,32). The van der Waals surface area contributed by atoms with Crippen molar-refractivity contribution in [1.29, 1.82) is 0 Å². The lowest BCUT2D eigenvalue weighted by Crippen LogP contribution is -2.32. The van der Waals surface area contributed by atoms with Crippen LogP contribution in [0.3, 0.4) is 0 Å². The fourth-order valence-electron chi connectivity index (χ4n) is 4.03. The quantitative estimate of drug-likeness (QED) is 0.382. The number of carbonyl (C=O) groups is 1. The molecule has 33 heavy (non-hydrogen) atoms. The van der Waals surface area contributed by atoms with E-state index in [1.807, 2.05) is 56.3 Å². The van der Waals surface area contributed by atoms with Crippen LogP contribution in [0.2, 0.25) is 5.02 Å². The van der Waals surface area contributed by atoms with Crippen molar-refractivity contribution in [3.63, 3.8) is 0 Å². The molecule has 0 saturated heterocycles. The van der Waals surface area contributed by atoms with E-state index < -0.39 is 6.04 Å². The molecule has 0 aliphatic carbocycles. The molecule has 7 nitrogen and oxygen atoms in total. The first-order valence-corrected chi connectivity index (χ1v) is 11.6. The summed E-state index contributed by atoms with van der Waals surface area (Å²) in [5.74, 6) is -0.342. The predicted molar refractivity (Wildman–Crippen MR) is 133 cm³/mol. The first kappa shape index (κ1) is 21.4. The molecule has 1 atom stereocenters. The maximum atomic E-state index is 13.2. The molecule has 9 heteroatoms. The van der Waals surface area contributed by atoms with Crippen LogP contribution >= 0.6 is 22.9 Å². The van der Waals surface area contributed by atoms with Gasteiger partial charge in [0.1, 0.15) is 11.7 Å². The third kappa shape index (κ3) is 3.71. The fraction of sp³-hybridized carbons (Fsp3) is 0.167. The van der Waals surface area contributed by atoms with E-state index in [-0.39, 0.29) is 11.5 Å². The van der Waals surface area contributed by atoms with Crippen LogP contribution in [0.4, 0.5) is 5.13 Å². The Morgan fingerprint density at radius 1 is 1.12 bits per heavy atom. The van der Waals surface area contributed by atoms with E-state index in [0.29, 0.717) is 15.8 Å². The van der Waals surface area contributed by atoms with Crippen molar-refractivity contribution >= 4 is 55.2 Å². The number of carbonyl (C=O) groups excluding carboxylic acids is 1. The van der Waals surface area contributed by atoms with Gasteiger partial charge < -0.3 is 5.32 Å². The lowest BCUT2D eigenvalue weighted by Gasteiger charge is -2.18. The number of hydrogen-bond donors (Lipinski definition) is 1. The third-order valence-corrected chi connectivity index (χ3v) is 6.75. The predicted octanol–water partition coefficient (Wildman–Crippen LogP) is 5.27. The molecule has 5 rings (SSSR count). The number of pyridine rings is 1.